The molecule has 8 heteroatoms. The number of rotatable bonds is 4. The predicted octanol–water partition coefficient (Wildman–Crippen LogP) is 4.94. The molecule has 0 amide bonds. The summed E-state index contributed by atoms with van der Waals surface area (Å²) in [5, 5.41) is 9.88. The van der Waals surface area contributed by atoms with E-state index in [-0.39, 0.29) is 34.3 Å². The maximum Gasteiger partial charge on any atom is 0.313 e. The molecule has 1 N–H and O–H groups in total. The molecule has 0 radical (unpaired) electrons. The fourth-order valence-electron chi connectivity index (χ4n) is 3.44. The van der Waals surface area contributed by atoms with E-state index in [1.54, 1.807) is 19.1 Å². The van der Waals surface area contributed by atoms with Crippen molar-refractivity contribution in [2.75, 3.05) is 6.61 Å². The minimum absolute atomic E-state index is 0.105. The van der Waals surface area contributed by atoms with E-state index in [9.17, 15) is 23.5 Å². The Kier molecular flexibility index (Phi) is 5.61. The van der Waals surface area contributed by atoms with Crippen molar-refractivity contribution in [2.45, 2.75) is 26.7 Å². The molecule has 3 aromatic rings. The van der Waals surface area contributed by atoms with Crippen LogP contribution in [0.15, 0.2) is 30.3 Å². The molecule has 0 aliphatic heterocycles. The Bertz CT molecular complexity index is 1140. The number of nitrogens with zero attached hydrogens (tertiary/aromatic N) is 1. The Hall–Kier alpha value is -2.93. The molecule has 0 saturated heterocycles. The van der Waals surface area contributed by atoms with Crippen molar-refractivity contribution < 1.29 is 28.2 Å². The molecule has 0 saturated carbocycles. The topological polar surface area (TPSA) is 68.5 Å². The van der Waals surface area contributed by atoms with Crippen molar-refractivity contribution in [2.24, 2.45) is 0 Å². The number of phenols is 1. The van der Waals surface area contributed by atoms with Crippen molar-refractivity contribution >= 4 is 34.4 Å². The Morgan fingerprint density at radius 1 is 1.28 bits per heavy atom. The molecular formula is C21H18ClF2NO4. The lowest BCUT2D eigenvalue weighted by Gasteiger charge is -2.12. The zero-order chi connectivity index (χ0) is 21.5. The second-order valence-electron chi connectivity index (χ2n) is 6.54. The van der Waals surface area contributed by atoms with Crippen molar-refractivity contribution in [3.63, 3.8) is 0 Å². The Labute approximate surface area is 170 Å². The smallest absolute Gasteiger partial charge is 0.313 e. The normalized spacial score (nSPS) is 12.2. The Morgan fingerprint density at radius 2 is 1.97 bits per heavy atom. The van der Waals surface area contributed by atoms with Gasteiger partial charge in [0.1, 0.15) is 0 Å². The van der Waals surface area contributed by atoms with Crippen LogP contribution >= 0.6 is 11.6 Å². The van der Waals surface area contributed by atoms with E-state index in [0.29, 0.717) is 5.02 Å². The average molecular weight is 422 g/mol. The summed E-state index contributed by atoms with van der Waals surface area (Å²) >= 11 is 5.96. The summed E-state index contributed by atoms with van der Waals surface area (Å²) in [6.07, 6.45) is 0. The highest BCUT2D eigenvalue weighted by atomic mass is 35.5. The molecule has 1 atom stereocenters. The van der Waals surface area contributed by atoms with Crippen LogP contribution in [0.4, 0.5) is 8.78 Å². The van der Waals surface area contributed by atoms with Gasteiger partial charge in [0.05, 0.1) is 18.0 Å². The summed E-state index contributed by atoms with van der Waals surface area (Å²) in [6, 6.07) is 6.97. The van der Waals surface area contributed by atoms with Crippen LogP contribution in [0.25, 0.3) is 10.9 Å². The van der Waals surface area contributed by atoms with E-state index in [1.165, 1.54) is 26.0 Å². The molecule has 0 aliphatic rings. The van der Waals surface area contributed by atoms with Crippen LogP contribution in [0, 0.1) is 18.6 Å². The summed E-state index contributed by atoms with van der Waals surface area (Å²) in [5.41, 5.74) is 0.462. The number of carbonyl (C=O) groups excluding carboxylic acids is 2. The third-order valence-corrected chi connectivity index (χ3v) is 4.99. The number of ether oxygens (including phenoxy) is 1. The van der Waals surface area contributed by atoms with Crippen LogP contribution in [0.1, 0.15) is 41.4 Å². The molecule has 2 aromatic carbocycles. The number of carbonyl (C=O) groups is 2. The lowest BCUT2D eigenvalue weighted by atomic mass is 9.97. The number of aromatic hydroxyl groups is 1. The van der Waals surface area contributed by atoms with E-state index >= 15 is 0 Å². The van der Waals surface area contributed by atoms with Gasteiger partial charge in [-0.3, -0.25) is 14.2 Å². The molecule has 5 nitrogen and oxygen atoms in total. The Balaban J connectivity index is 2.35. The number of fused-ring (bicyclic) bond motifs is 1. The molecule has 0 fully saturated rings. The molecule has 1 heterocycles. The third kappa shape index (κ3) is 3.46. The van der Waals surface area contributed by atoms with Crippen molar-refractivity contribution in [3.05, 3.63) is 63.8 Å². The maximum absolute atomic E-state index is 14.9. The van der Waals surface area contributed by atoms with Crippen LogP contribution in [-0.4, -0.2) is 28.2 Å². The van der Waals surface area contributed by atoms with Crippen molar-refractivity contribution in [1.82, 2.24) is 4.57 Å². The number of aromatic nitrogens is 1. The zero-order valence-corrected chi connectivity index (χ0v) is 16.7. The third-order valence-electron chi connectivity index (χ3n) is 4.76. The van der Waals surface area contributed by atoms with E-state index in [4.69, 9.17) is 16.3 Å². The van der Waals surface area contributed by atoms with Gasteiger partial charge in [0.2, 0.25) is 0 Å². The van der Waals surface area contributed by atoms with E-state index < -0.39 is 35.2 Å². The minimum Gasteiger partial charge on any atom is -0.503 e. The first-order valence-electron chi connectivity index (χ1n) is 8.87. The van der Waals surface area contributed by atoms with Gasteiger partial charge in [-0.25, -0.2) is 8.78 Å². The van der Waals surface area contributed by atoms with Crippen LogP contribution in [0.2, 0.25) is 5.02 Å². The van der Waals surface area contributed by atoms with Gasteiger partial charge in [-0.15, -0.1) is 0 Å². The summed E-state index contributed by atoms with van der Waals surface area (Å²) < 4.78 is 35.1. The summed E-state index contributed by atoms with van der Waals surface area (Å²) in [7, 11) is 0. The van der Waals surface area contributed by atoms with Crippen molar-refractivity contribution in [3.8, 4) is 5.75 Å². The van der Waals surface area contributed by atoms with Crippen molar-refractivity contribution in [1.29, 1.82) is 0 Å². The SMILES string of the molecule is CCOC(=O)C(C)c1c(C)n(C(=O)c2cccc(Cl)c2)c2cc(F)c(O)c(F)c12. The average Bonchev–Trinajstić information content (AvgIpc) is 2.97. The lowest BCUT2D eigenvalue weighted by molar-refractivity contribution is -0.144. The number of halogens is 3. The first-order valence-corrected chi connectivity index (χ1v) is 9.25. The quantitative estimate of drug-likeness (QED) is 0.606. The Morgan fingerprint density at radius 3 is 2.59 bits per heavy atom. The molecule has 1 unspecified atom stereocenters. The monoisotopic (exact) mass is 421 g/mol. The van der Waals surface area contributed by atoms with E-state index in [2.05, 4.69) is 0 Å². The van der Waals surface area contributed by atoms with Gasteiger partial charge in [-0.2, -0.15) is 0 Å². The molecule has 0 aliphatic carbocycles. The highest BCUT2D eigenvalue weighted by molar-refractivity contribution is 6.31. The van der Waals surface area contributed by atoms with Gasteiger partial charge in [0, 0.05) is 27.7 Å². The van der Waals surface area contributed by atoms with Crippen LogP contribution < -0.4 is 0 Å². The maximum atomic E-state index is 14.9. The fourth-order valence-corrected chi connectivity index (χ4v) is 3.63. The number of hydrogen-bond donors (Lipinski definition) is 1. The number of benzene rings is 2. The molecular weight excluding hydrogens is 404 g/mol. The molecule has 1 aromatic heterocycles. The minimum atomic E-state index is -1.24. The fraction of sp³-hybridized carbons (Fsp3) is 0.238. The summed E-state index contributed by atoms with van der Waals surface area (Å²) in [4.78, 5) is 25.5. The number of phenolic OH excluding ortho intramolecular Hbond substituents is 1. The van der Waals surface area contributed by atoms with Gasteiger partial charge in [0.15, 0.2) is 17.4 Å². The highest BCUT2D eigenvalue weighted by Gasteiger charge is 2.31. The molecule has 0 bridgehead atoms. The van der Waals surface area contributed by atoms with E-state index in [0.717, 1.165) is 10.6 Å². The summed E-state index contributed by atoms with van der Waals surface area (Å²) in [5.74, 6) is -5.81. The molecule has 3 rings (SSSR count). The van der Waals surface area contributed by atoms with Gasteiger partial charge in [-0.05, 0) is 44.5 Å². The van der Waals surface area contributed by atoms with Gasteiger partial charge in [0.25, 0.3) is 5.91 Å². The first-order chi connectivity index (χ1) is 13.7. The largest absolute Gasteiger partial charge is 0.503 e. The van der Waals surface area contributed by atoms with Gasteiger partial charge < -0.3 is 9.84 Å². The van der Waals surface area contributed by atoms with Crippen LogP contribution in [-0.2, 0) is 9.53 Å². The molecule has 152 valence electrons. The highest BCUT2D eigenvalue weighted by Crippen LogP contribution is 2.39. The zero-order valence-electron chi connectivity index (χ0n) is 15.9. The summed E-state index contributed by atoms with van der Waals surface area (Å²) in [6.45, 7) is 4.76. The second kappa shape index (κ2) is 7.83. The number of hydrogen-bond acceptors (Lipinski definition) is 4. The molecule has 29 heavy (non-hydrogen) atoms. The second-order valence-corrected chi connectivity index (χ2v) is 6.98. The van der Waals surface area contributed by atoms with Crippen LogP contribution in [0.5, 0.6) is 5.75 Å². The van der Waals surface area contributed by atoms with Gasteiger partial charge in [-0.1, -0.05) is 17.7 Å². The van der Waals surface area contributed by atoms with Crippen LogP contribution in [0.3, 0.4) is 0 Å². The van der Waals surface area contributed by atoms with Gasteiger partial charge >= 0.3 is 5.97 Å². The first kappa shape index (κ1) is 20.8. The number of esters is 1. The standard InChI is InChI=1S/C21H18ClF2NO4/c1-4-29-21(28)10(2)16-11(3)25(20(27)12-6-5-7-13(22)8-12)15-9-14(23)19(26)18(24)17(15)16/h5-10,26H,4H2,1-3H3. The lowest BCUT2D eigenvalue weighted by Crippen LogP contribution is -2.16. The molecule has 0 spiro atoms. The predicted molar refractivity (Wildman–Crippen MR) is 104 cm³/mol. The van der Waals surface area contributed by atoms with E-state index in [1.807, 2.05) is 0 Å².